The number of imidazole rings is 1. The fourth-order valence-corrected chi connectivity index (χ4v) is 2.13. The molecule has 2 rings (SSSR count). The van der Waals surface area contributed by atoms with E-state index in [-0.39, 0.29) is 0 Å². The van der Waals surface area contributed by atoms with Crippen molar-refractivity contribution in [1.29, 1.82) is 0 Å². The van der Waals surface area contributed by atoms with Gasteiger partial charge in [0.05, 0.1) is 11.0 Å². The quantitative estimate of drug-likeness (QED) is 0.714. The summed E-state index contributed by atoms with van der Waals surface area (Å²) in [6, 6.07) is 8.29. The van der Waals surface area contributed by atoms with Crippen molar-refractivity contribution in [2.45, 2.75) is 39.3 Å². The second-order valence-corrected chi connectivity index (χ2v) is 4.31. The highest BCUT2D eigenvalue weighted by Crippen LogP contribution is 2.17. The number of aryl methyl sites for hydroxylation is 1. The van der Waals surface area contributed by atoms with E-state index in [9.17, 15) is 0 Å². The number of para-hydroxylation sites is 2. The molecular weight excluding hydrogens is 212 g/mol. The molecule has 0 aliphatic heterocycles. The van der Waals surface area contributed by atoms with E-state index in [1.54, 1.807) is 7.11 Å². The lowest BCUT2D eigenvalue weighted by Gasteiger charge is -2.08. The predicted octanol–water partition coefficient (Wildman–Crippen LogP) is 3.37. The molecule has 0 spiro atoms. The molecule has 2 aromatic rings. The lowest BCUT2D eigenvalue weighted by atomic mass is 10.2. The summed E-state index contributed by atoms with van der Waals surface area (Å²) >= 11 is 0. The number of hydrogen-bond acceptors (Lipinski definition) is 2. The Bertz CT molecular complexity index is 476. The average Bonchev–Trinajstić information content (AvgIpc) is 2.69. The summed E-state index contributed by atoms with van der Waals surface area (Å²) in [5.41, 5.74) is 2.28. The van der Waals surface area contributed by atoms with Crippen molar-refractivity contribution in [3.05, 3.63) is 30.1 Å². The summed E-state index contributed by atoms with van der Waals surface area (Å²) in [6.07, 6.45) is 3.71. The van der Waals surface area contributed by atoms with Crippen molar-refractivity contribution in [1.82, 2.24) is 9.55 Å². The number of nitrogens with zero attached hydrogens (tertiary/aromatic N) is 2. The lowest BCUT2D eigenvalue weighted by molar-refractivity contribution is 0.174. The Morgan fingerprint density at radius 1 is 1.24 bits per heavy atom. The monoisotopic (exact) mass is 232 g/mol. The molecule has 0 aliphatic rings. The van der Waals surface area contributed by atoms with Gasteiger partial charge in [-0.15, -0.1) is 0 Å². The summed E-state index contributed by atoms with van der Waals surface area (Å²) in [5.74, 6) is 1.03. The van der Waals surface area contributed by atoms with Crippen molar-refractivity contribution in [2.75, 3.05) is 7.11 Å². The van der Waals surface area contributed by atoms with Crippen LogP contribution in [0, 0.1) is 0 Å². The Labute approximate surface area is 102 Å². The van der Waals surface area contributed by atoms with Gasteiger partial charge in [-0.05, 0) is 18.6 Å². The van der Waals surface area contributed by atoms with Gasteiger partial charge in [0.1, 0.15) is 12.4 Å². The van der Waals surface area contributed by atoms with Crippen LogP contribution in [0.1, 0.15) is 32.0 Å². The van der Waals surface area contributed by atoms with Crippen LogP contribution >= 0.6 is 0 Å². The minimum absolute atomic E-state index is 0.584. The zero-order valence-electron chi connectivity index (χ0n) is 10.6. The van der Waals surface area contributed by atoms with Gasteiger partial charge in [-0.25, -0.2) is 4.98 Å². The van der Waals surface area contributed by atoms with Crippen LogP contribution in [0.4, 0.5) is 0 Å². The van der Waals surface area contributed by atoms with E-state index in [4.69, 9.17) is 4.74 Å². The standard InChI is InChI=1S/C14H20N2O/c1-3-4-7-10-16-13-9-6-5-8-12(13)15-14(16)11-17-2/h5-6,8-9H,3-4,7,10-11H2,1-2H3. The number of benzene rings is 1. The molecule has 3 nitrogen and oxygen atoms in total. The van der Waals surface area contributed by atoms with Crippen molar-refractivity contribution < 1.29 is 4.74 Å². The maximum atomic E-state index is 5.22. The largest absolute Gasteiger partial charge is 0.377 e. The van der Waals surface area contributed by atoms with Crippen LogP contribution in [0.3, 0.4) is 0 Å². The molecule has 0 unspecified atom stereocenters. The van der Waals surface area contributed by atoms with E-state index in [1.807, 2.05) is 6.07 Å². The third-order valence-electron chi connectivity index (χ3n) is 2.99. The summed E-state index contributed by atoms with van der Waals surface area (Å²) in [7, 11) is 1.72. The SMILES string of the molecule is CCCCCn1c(COC)nc2ccccc21. The van der Waals surface area contributed by atoms with E-state index in [1.165, 1.54) is 24.8 Å². The topological polar surface area (TPSA) is 27.1 Å². The molecule has 92 valence electrons. The molecule has 0 N–H and O–H groups in total. The maximum Gasteiger partial charge on any atom is 0.135 e. The van der Waals surface area contributed by atoms with Gasteiger partial charge in [0, 0.05) is 13.7 Å². The molecule has 1 aromatic heterocycles. The normalized spacial score (nSPS) is 11.2. The van der Waals surface area contributed by atoms with Gasteiger partial charge in [-0.3, -0.25) is 0 Å². The molecule has 0 saturated carbocycles. The third-order valence-corrected chi connectivity index (χ3v) is 2.99. The van der Waals surface area contributed by atoms with E-state index < -0.39 is 0 Å². The van der Waals surface area contributed by atoms with Crippen LogP contribution in [0.2, 0.25) is 0 Å². The number of hydrogen-bond donors (Lipinski definition) is 0. The summed E-state index contributed by atoms with van der Waals surface area (Å²) < 4.78 is 7.51. The van der Waals surface area contributed by atoms with Crippen LogP contribution in [-0.2, 0) is 17.9 Å². The van der Waals surface area contributed by atoms with Crippen LogP contribution in [0.5, 0.6) is 0 Å². The molecule has 0 bridgehead atoms. The first-order valence-corrected chi connectivity index (χ1v) is 6.30. The molecule has 1 aromatic carbocycles. The van der Waals surface area contributed by atoms with Crippen LogP contribution in [0.15, 0.2) is 24.3 Å². The number of fused-ring (bicyclic) bond motifs is 1. The van der Waals surface area contributed by atoms with Crippen molar-refractivity contribution in [3.8, 4) is 0 Å². The molecule has 1 heterocycles. The molecule has 0 atom stereocenters. The summed E-state index contributed by atoms with van der Waals surface area (Å²) in [5, 5.41) is 0. The molecule has 0 radical (unpaired) electrons. The van der Waals surface area contributed by atoms with Gasteiger partial charge in [-0.1, -0.05) is 31.9 Å². The number of unbranched alkanes of at least 4 members (excludes halogenated alkanes) is 2. The van der Waals surface area contributed by atoms with Crippen LogP contribution in [-0.4, -0.2) is 16.7 Å². The van der Waals surface area contributed by atoms with Crippen LogP contribution < -0.4 is 0 Å². The Morgan fingerprint density at radius 2 is 2.06 bits per heavy atom. The molecular formula is C14H20N2O. The van der Waals surface area contributed by atoms with E-state index in [0.29, 0.717) is 6.61 Å². The Morgan fingerprint density at radius 3 is 2.82 bits per heavy atom. The first kappa shape index (κ1) is 12.1. The summed E-state index contributed by atoms with van der Waals surface area (Å²) in [6.45, 7) is 3.84. The van der Waals surface area contributed by atoms with Gasteiger partial charge in [-0.2, -0.15) is 0 Å². The third kappa shape index (κ3) is 2.67. The highest BCUT2D eigenvalue weighted by Gasteiger charge is 2.09. The maximum absolute atomic E-state index is 5.22. The van der Waals surface area contributed by atoms with Gasteiger partial charge in [0.2, 0.25) is 0 Å². The smallest absolute Gasteiger partial charge is 0.135 e. The molecule has 0 aliphatic carbocycles. The zero-order chi connectivity index (χ0) is 12.1. The first-order chi connectivity index (χ1) is 8.36. The Kier molecular flexibility index (Phi) is 4.15. The Hall–Kier alpha value is -1.35. The van der Waals surface area contributed by atoms with Gasteiger partial charge < -0.3 is 9.30 Å². The number of methoxy groups -OCH3 is 1. The molecule has 17 heavy (non-hydrogen) atoms. The molecule has 3 heteroatoms. The van der Waals surface area contributed by atoms with Crippen molar-refractivity contribution >= 4 is 11.0 Å². The van der Waals surface area contributed by atoms with Gasteiger partial charge in [0.25, 0.3) is 0 Å². The zero-order valence-corrected chi connectivity index (χ0v) is 10.6. The molecule has 0 fully saturated rings. The number of ether oxygens (including phenoxy) is 1. The predicted molar refractivity (Wildman–Crippen MR) is 70.0 cm³/mol. The number of aromatic nitrogens is 2. The van der Waals surface area contributed by atoms with Gasteiger partial charge in [0.15, 0.2) is 0 Å². The van der Waals surface area contributed by atoms with Crippen molar-refractivity contribution in [2.24, 2.45) is 0 Å². The fraction of sp³-hybridized carbons (Fsp3) is 0.500. The van der Waals surface area contributed by atoms with Crippen molar-refractivity contribution in [3.63, 3.8) is 0 Å². The second-order valence-electron chi connectivity index (χ2n) is 4.31. The average molecular weight is 232 g/mol. The minimum Gasteiger partial charge on any atom is -0.377 e. The lowest BCUT2D eigenvalue weighted by Crippen LogP contribution is -2.05. The number of rotatable bonds is 6. The van der Waals surface area contributed by atoms with E-state index >= 15 is 0 Å². The van der Waals surface area contributed by atoms with Gasteiger partial charge >= 0.3 is 0 Å². The highest BCUT2D eigenvalue weighted by atomic mass is 16.5. The fourth-order valence-electron chi connectivity index (χ4n) is 2.13. The summed E-state index contributed by atoms with van der Waals surface area (Å²) in [4.78, 5) is 4.62. The minimum atomic E-state index is 0.584. The van der Waals surface area contributed by atoms with E-state index in [0.717, 1.165) is 17.9 Å². The second kappa shape index (κ2) is 5.82. The Balaban J connectivity index is 2.30. The van der Waals surface area contributed by atoms with E-state index in [2.05, 4.69) is 34.7 Å². The van der Waals surface area contributed by atoms with Crippen LogP contribution in [0.25, 0.3) is 11.0 Å². The molecule has 0 amide bonds. The first-order valence-electron chi connectivity index (χ1n) is 6.30. The highest BCUT2D eigenvalue weighted by molar-refractivity contribution is 5.75. The molecule has 0 saturated heterocycles.